The average molecular weight is 230 g/mol. The Balaban J connectivity index is 3.31. The molecule has 4 heteroatoms. The fraction of sp³-hybridized carbons (Fsp3) is 0.917. The molecule has 0 heterocycles. The molecule has 0 saturated heterocycles. The molecule has 0 saturated carbocycles. The monoisotopic (exact) mass is 230 g/mol. The summed E-state index contributed by atoms with van der Waals surface area (Å²) in [6.07, 6.45) is 1.92. The zero-order valence-electron chi connectivity index (χ0n) is 11.1. The standard InChI is InChI=1S/C12H26N2O2/c1-5-8-16-9-6-7-13-11(15)10-14-12(2,3)4/h14H,5-10H2,1-4H3,(H,13,15). The summed E-state index contributed by atoms with van der Waals surface area (Å²) in [6.45, 7) is 10.8. The van der Waals surface area contributed by atoms with Crippen molar-refractivity contribution in [1.29, 1.82) is 0 Å². The van der Waals surface area contributed by atoms with Gasteiger partial charge in [-0.05, 0) is 33.6 Å². The van der Waals surface area contributed by atoms with E-state index in [0.717, 1.165) is 26.1 Å². The molecule has 0 rings (SSSR count). The van der Waals surface area contributed by atoms with Gasteiger partial charge < -0.3 is 15.4 Å². The first kappa shape index (κ1) is 15.4. The summed E-state index contributed by atoms with van der Waals surface area (Å²) in [4.78, 5) is 11.4. The van der Waals surface area contributed by atoms with Crippen LogP contribution < -0.4 is 10.6 Å². The Kier molecular flexibility index (Phi) is 8.21. The second-order valence-electron chi connectivity index (χ2n) is 4.92. The van der Waals surface area contributed by atoms with Crippen molar-refractivity contribution in [1.82, 2.24) is 10.6 Å². The van der Waals surface area contributed by atoms with Crippen LogP contribution in [0.2, 0.25) is 0 Å². The van der Waals surface area contributed by atoms with Crippen LogP contribution in [0.15, 0.2) is 0 Å². The highest BCUT2D eigenvalue weighted by Crippen LogP contribution is 1.96. The maximum absolute atomic E-state index is 11.4. The lowest BCUT2D eigenvalue weighted by molar-refractivity contribution is -0.120. The Morgan fingerprint density at radius 2 is 1.94 bits per heavy atom. The van der Waals surface area contributed by atoms with E-state index in [1.807, 2.05) is 20.8 Å². The molecule has 0 aromatic heterocycles. The quantitative estimate of drug-likeness (QED) is 0.618. The number of nitrogens with one attached hydrogen (secondary N) is 2. The minimum Gasteiger partial charge on any atom is -0.381 e. The highest BCUT2D eigenvalue weighted by atomic mass is 16.5. The first-order valence-corrected chi connectivity index (χ1v) is 6.05. The van der Waals surface area contributed by atoms with E-state index in [9.17, 15) is 4.79 Å². The lowest BCUT2D eigenvalue weighted by Gasteiger charge is -2.19. The van der Waals surface area contributed by atoms with Crippen LogP contribution in [0.3, 0.4) is 0 Å². The maximum Gasteiger partial charge on any atom is 0.233 e. The van der Waals surface area contributed by atoms with Gasteiger partial charge in [0.05, 0.1) is 6.54 Å². The van der Waals surface area contributed by atoms with E-state index in [-0.39, 0.29) is 11.4 Å². The van der Waals surface area contributed by atoms with E-state index < -0.39 is 0 Å². The average Bonchev–Trinajstić information content (AvgIpc) is 2.19. The van der Waals surface area contributed by atoms with Crippen molar-refractivity contribution in [3.05, 3.63) is 0 Å². The highest BCUT2D eigenvalue weighted by molar-refractivity contribution is 5.78. The van der Waals surface area contributed by atoms with Crippen LogP contribution in [0.1, 0.15) is 40.5 Å². The topological polar surface area (TPSA) is 50.4 Å². The van der Waals surface area contributed by atoms with Gasteiger partial charge >= 0.3 is 0 Å². The van der Waals surface area contributed by atoms with E-state index in [1.54, 1.807) is 0 Å². The molecule has 0 aromatic rings. The predicted octanol–water partition coefficient (Wildman–Crippen LogP) is 1.31. The van der Waals surface area contributed by atoms with Gasteiger partial charge in [0.25, 0.3) is 0 Å². The number of hydrogen-bond acceptors (Lipinski definition) is 3. The Hall–Kier alpha value is -0.610. The third kappa shape index (κ3) is 11.5. The van der Waals surface area contributed by atoms with E-state index in [0.29, 0.717) is 13.1 Å². The van der Waals surface area contributed by atoms with Gasteiger partial charge in [-0.3, -0.25) is 4.79 Å². The summed E-state index contributed by atoms with van der Waals surface area (Å²) in [5, 5.41) is 5.99. The van der Waals surface area contributed by atoms with Gasteiger partial charge in [-0.2, -0.15) is 0 Å². The van der Waals surface area contributed by atoms with Crippen molar-refractivity contribution < 1.29 is 9.53 Å². The number of carbonyl (C=O) groups excluding carboxylic acids is 1. The van der Waals surface area contributed by atoms with Crippen LogP contribution in [-0.2, 0) is 9.53 Å². The van der Waals surface area contributed by atoms with Gasteiger partial charge in [0, 0.05) is 25.3 Å². The number of rotatable bonds is 8. The van der Waals surface area contributed by atoms with Crippen LogP contribution in [0.4, 0.5) is 0 Å². The smallest absolute Gasteiger partial charge is 0.233 e. The molecule has 0 unspecified atom stereocenters. The largest absolute Gasteiger partial charge is 0.381 e. The molecule has 0 fully saturated rings. The van der Waals surface area contributed by atoms with E-state index in [2.05, 4.69) is 17.6 Å². The van der Waals surface area contributed by atoms with Gasteiger partial charge in [-0.25, -0.2) is 0 Å². The molecule has 0 atom stereocenters. The van der Waals surface area contributed by atoms with Gasteiger partial charge in [-0.15, -0.1) is 0 Å². The van der Waals surface area contributed by atoms with Gasteiger partial charge in [0.2, 0.25) is 5.91 Å². The molecular weight excluding hydrogens is 204 g/mol. The van der Waals surface area contributed by atoms with Gasteiger partial charge in [-0.1, -0.05) is 6.92 Å². The lowest BCUT2D eigenvalue weighted by Crippen LogP contribution is -2.43. The zero-order chi connectivity index (χ0) is 12.4. The normalized spacial score (nSPS) is 11.5. The fourth-order valence-corrected chi connectivity index (χ4v) is 1.06. The molecular formula is C12H26N2O2. The second-order valence-corrected chi connectivity index (χ2v) is 4.92. The molecule has 0 aliphatic rings. The molecule has 4 nitrogen and oxygen atoms in total. The molecule has 0 bridgehead atoms. The van der Waals surface area contributed by atoms with Crippen LogP contribution >= 0.6 is 0 Å². The SMILES string of the molecule is CCCOCCCNC(=O)CNC(C)(C)C. The van der Waals surface area contributed by atoms with Gasteiger partial charge in [0.15, 0.2) is 0 Å². The Bertz CT molecular complexity index is 188. The van der Waals surface area contributed by atoms with Crippen molar-refractivity contribution in [3.63, 3.8) is 0 Å². The van der Waals surface area contributed by atoms with E-state index >= 15 is 0 Å². The summed E-state index contributed by atoms with van der Waals surface area (Å²) in [5.41, 5.74) is -0.0123. The molecule has 0 aromatic carbocycles. The third-order valence-corrected chi connectivity index (χ3v) is 1.92. The molecule has 0 aliphatic carbocycles. The second kappa shape index (κ2) is 8.53. The Labute approximate surface area is 99.1 Å². The number of ether oxygens (including phenoxy) is 1. The molecule has 0 aliphatic heterocycles. The maximum atomic E-state index is 11.4. The third-order valence-electron chi connectivity index (χ3n) is 1.92. The first-order chi connectivity index (χ1) is 7.45. The van der Waals surface area contributed by atoms with Crippen LogP contribution in [-0.4, -0.2) is 37.7 Å². The van der Waals surface area contributed by atoms with Crippen LogP contribution in [0, 0.1) is 0 Å². The lowest BCUT2D eigenvalue weighted by atomic mass is 10.1. The van der Waals surface area contributed by atoms with E-state index in [1.165, 1.54) is 0 Å². The summed E-state index contributed by atoms with van der Waals surface area (Å²) in [7, 11) is 0. The first-order valence-electron chi connectivity index (χ1n) is 6.05. The summed E-state index contributed by atoms with van der Waals surface area (Å²) >= 11 is 0. The van der Waals surface area contributed by atoms with Crippen molar-refractivity contribution >= 4 is 5.91 Å². The minimum atomic E-state index is -0.0123. The molecule has 16 heavy (non-hydrogen) atoms. The van der Waals surface area contributed by atoms with Crippen molar-refractivity contribution in [2.75, 3.05) is 26.3 Å². The van der Waals surface area contributed by atoms with E-state index in [4.69, 9.17) is 4.74 Å². The Morgan fingerprint density at radius 3 is 2.50 bits per heavy atom. The van der Waals surface area contributed by atoms with Crippen LogP contribution in [0.5, 0.6) is 0 Å². The molecule has 2 N–H and O–H groups in total. The van der Waals surface area contributed by atoms with Crippen LogP contribution in [0.25, 0.3) is 0 Å². The number of carbonyl (C=O) groups is 1. The van der Waals surface area contributed by atoms with Gasteiger partial charge in [0.1, 0.15) is 0 Å². The number of amides is 1. The Morgan fingerprint density at radius 1 is 1.25 bits per heavy atom. The van der Waals surface area contributed by atoms with Crippen molar-refractivity contribution in [2.24, 2.45) is 0 Å². The van der Waals surface area contributed by atoms with Crippen molar-refractivity contribution in [3.8, 4) is 0 Å². The minimum absolute atomic E-state index is 0.0123. The van der Waals surface area contributed by atoms with Crippen molar-refractivity contribution in [2.45, 2.75) is 46.1 Å². The molecule has 0 spiro atoms. The fourth-order valence-electron chi connectivity index (χ4n) is 1.06. The molecule has 1 amide bonds. The summed E-state index contributed by atoms with van der Waals surface area (Å²) < 4.78 is 5.31. The number of hydrogen-bond donors (Lipinski definition) is 2. The predicted molar refractivity (Wildman–Crippen MR) is 66.5 cm³/mol. The zero-order valence-corrected chi connectivity index (χ0v) is 11.1. The highest BCUT2D eigenvalue weighted by Gasteiger charge is 2.10. The molecule has 96 valence electrons. The molecule has 0 radical (unpaired) electrons. The summed E-state index contributed by atoms with van der Waals surface area (Å²) in [5.74, 6) is 0.0467. The summed E-state index contributed by atoms with van der Waals surface area (Å²) in [6, 6.07) is 0.